The molecule has 3 rings (SSSR count). The van der Waals surface area contributed by atoms with E-state index in [1.54, 1.807) is 11.0 Å². The van der Waals surface area contributed by atoms with Crippen LogP contribution in [0.5, 0.6) is 0 Å². The summed E-state index contributed by atoms with van der Waals surface area (Å²) in [5.41, 5.74) is 0.839. The average molecular weight is 243 g/mol. The van der Waals surface area contributed by atoms with Gasteiger partial charge in [0.05, 0.1) is 18.4 Å². The normalized spacial score (nSPS) is 29.3. The van der Waals surface area contributed by atoms with Crippen LogP contribution in [0.1, 0.15) is 5.56 Å². The minimum atomic E-state index is -2.51. The second-order valence-electron chi connectivity index (χ2n) is 4.73. The number of fused-ring (bicyclic) bond motifs is 1. The maximum atomic E-state index is 13.4. The summed E-state index contributed by atoms with van der Waals surface area (Å²) in [7, 11) is 0. The maximum Gasteiger partial charge on any atom is 0.258 e. The first kappa shape index (κ1) is 10.9. The first-order chi connectivity index (χ1) is 8.04. The van der Waals surface area contributed by atoms with Crippen LogP contribution in [-0.4, -0.2) is 24.1 Å². The van der Waals surface area contributed by atoms with E-state index in [4.69, 9.17) is 5.11 Å². The van der Waals surface area contributed by atoms with E-state index in [1.807, 2.05) is 0 Å². The summed E-state index contributed by atoms with van der Waals surface area (Å²) in [4.78, 5) is 1.77. The fourth-order valence-electron chi connectivity index (χ4n) is 2.58. The molecule has 1 aromatic carbocycles. The molecule has 0 spiro atoms. The fourth-order valence-corrected chi connectivity index (χ4v) is 2.58. The van der Waals surface area contributed by atoms with E-state index >= 15 is 0 Å². The van der Waals surface area contributed by atoms with E-state index < -0.39 is 23.6 Å². The van der Waals surface area contributed by atoms with Crippen molar-refractivity contribution in [1.82, 2.24) is 0 Å². The zero-order valence-electron chi connectivity index (χ0n) is 9.04. The van der Waals surface area contributed by atoms with Crippen LogP contribution in [0.15, 0.2) is 18.2 Å². The standard InChI is InChI=1S/C12H12F3NO/c13-11-3-8(2-1-7(11)6-17)16-4-9-10(5-16)12(9,14)15/h1-3,9-10,17H,4-6H2. The van der Waals surface area contributed by atoms with Crippen LogP contribution in [0.25, 0.3) is 0 Å². The van der Waals surface area contributed by atoms with Gasteiger partial charge in [-0.15, -0.1) is 0 Å². The summed E-state index contributed by atoms with van der Waals surface area (Å²) in [6.07, 6.45) is 0. The number of piperidine rings is 1. The Bertz CT molecular complexity index is 449. The molecular weight excluding hydrogens is 231 g/mol. The topological polar surface area (TPSA) is 23.5 Å². The lowest BCUT2D eigenvalue weighted by molar-refractivity contribution is 0.0797. The first-order valence-corrected chi connectivity index (χ1v) is 5.56. The van der Waals surface area contributed by atoms with Crippen LogP contribution < -0.4 is 4.90 Å². The van der Waals surface area contributed by atoms with Gasteiger partial charge in [-0.2, -0.15) is 0 Å². The van der Waals surface area contributed by atoms with E-state index in [9.17, 15) is 13.2 Å². The van der Waals surface area contributed by atoms with Crippen LogP contribution in [-0.2, 0) is 6.61 Å². The van der Waals surface area contributed by atoms with Crippen molar-refractivity contribution in [3.8, 4) is 0 Å². The Hall–Kier alpha value is -1.23. The predicted octanol–water partition coefficient (Wildman–Crippen LogP) is 2.02. The molecule has 2 unspecified atom stereocenters. The number of rotatable bonds is 2. The molecule has 17 heavy (non-hydrogen) atoms. The summed E-state index contributed by atoms with van der Waals surface area (Å²) >= 11 is 0. The Labute approximate surface area is 96.7 Å². The van der Waals surface area contributed by atoms with E-state index in [0.717, 1.165) is 0 Å². The molecule has 0 amide bonds. The minimum Gasteiger partial charge on any atom is -0.392 e. The number of benzene rings is 1. The Kier molecular flexibility index (Phi) is 2.17. The summed E-state index contributed by atoms with van der Waals surface area (Å²) in [5.74, 6) is -4.14. The fraction of sp³-hybridized carbons (Fsp3) is 0.500. The van der Waals surface area contributed by atoms with Gasteiger partial charge in [-0.3, -0.25) is 0 Å². The number of aliphatic hydroxyl groups is 1. The quantitative estimate of drug-likeness (QED) is 0.859. The summed E-state index contributed by atoms with van der Waals surface area (Å²) in [6.45, 7) is 0.223. The lowest BCUT2D eigenvalue weighted by Gasteiger charge is -2.22. The Morgan fingerprint density at radius 3 is 2.47 bits per heavy atom. The molecule has 1 saturated carbocycles. The molecular formula is C12H12F3NO. The van der Waals surface area contributed by atoms with Crippen molar-refractivity contribution in [3.05, 3.63) is 29.6 Å². The molecule has 1 aliphatic carbocycles. The maximum absolute atomic E-state index is 13.4. The van der Waals surface area contributed by atoms with Crippen LogP contribution in [0.2, 0.25) is 0 Å². The van der Waals surface area contributed by atoms with Gasteiger partial charge in [-0.05, 0) is 12.1 Å². The zero-order chi connectivity index (χ0) is 12.2. The highest BCUT2D eigenvalue weighted by Gasteiger charge is 2.71. The summed E-state index contributed by atoms with van der Waals surface area (Å²) in [6, 6.07) is 4.46. The number of hydrogen-bond donors (Lipinski definition) is 1. The minimum absolute atomic E-state index is 0.225. The molecule has 1 N–H and O–H groups in total. The van der Waals surface area contributed by atoms with Gasteiger partial charge in [0, 0.05) is 24.3 Å². The highest BCUT2D eigenvalue weighted by Crippen LogP contribution is 2.59. The molecule has 2 atom stereocenters. The molecule has 0 bridgehead atoms. The van der Waals surface area contributed by atoms with Crippen molar-refractivity contribution in [3.63, 3.8) is 0 Å². The van der Waals surface area contributed by atoms with Gasteiger partial charge >= 0.3 is 0 Å². The SMILES string of the molecule is OCc1ccc(N2CC3C(C2)C3(F)F)cc1F. The molecule has 1 aromatic rings. The van der Waals surface area contributed by atoms with Crippen molar-refractivity contribution in [2.75, 3.05) is 18.0 Å². The molecule has 1 saturated heterocycles. The number of anilines is 1. The Morgan fingerprint density at radius 1 is 1.29 bits per heavy atom. The average Bonchev–Trinajstić information content (AvgIpc) is 2.70. The van der Waals surface area contributed by atoms with E-state index in [2.05, 4.69) is 0 Å². The predicted molar refractivity (Wildman–Crippen MR) is 56.5 cm³/mol. The summed E-state index contributed by atoms with van der Waals surface area (Å²) in [5, 5.41) is 8.84. The highest BCUT2D eigenvalue weighted by atomic mass is 19.3. The molecule has 5 heteroatoms. The van der Waals surface area contributed by atoms with Crippen molar-refractivity contribution >= 4 is 5.69 Å². The van der Waals surface area contributed by atoms with Gasteiger partial charge in [0.15, 0.2) is 0 Å². The largest absolute Gasteiger partial charge is 0.392 e. The van der Waals surface area contributed by atoms with Crippen LogP contribution in [0.4, 0.5) is 18.9 Å². The molecule has 92 valence electrons. The van der Waals surface area contributed by atoms with Crippen molar-refractivity contribution in [2.24, 2.45) is 11.8 Å². The first-order valence-electron chi connectivity index (χ1n) is 5.56. The number of aliphatic hydroxyl groups excluding tert-OH is 1. The van der Waals surface area contributed by atoms with Gasteiger partial charge in [-0.25, -0.2) is 13.2 Å². The van der Waals surface area contributed by atoms with Gasteiger partial charge in [0.1, 0.15) is 5.82 Å². The third kappa shape index (κ3) is 1.52. The van der Waals surface area contributed by atoms with Gasteiger partial charge in [-0.1, -0.05) is 6.07 Å². The lowest BCUT2D eigenvalue weighted by Crippen LogP contribution is -2.27. The number of nitrogens with zero attached hydrogens (tertiary/aromatic N) is 1. The summed E-state index contributed by atoms with van der Waals surface area (Å²) < 4.78 is 39.4. The molecule has 0 radical (unpaired) electrons. The number of alkyl halides is 2. The van der Waals surface area contributed by atoms with Gasteiger partial charge in [0.25, 0.3) is 5.92 Å². The smallest absolute Gasteiger partial charge is 0.258 e. The molecule has 0 aromatic heterocycles. The zero-order valence-corrected chi connectivity index (χ0v) is 9.04. The van der Waals surface area contributed by atoms with E-state index in [-0.39, 0.29) is 25.3 Å². The molecule has 2 aliphatic rings. The van der Waals surface area contributed by atoms with Gasteiger partial charge in [0.2, 0.25) is 0 Å². The number of hydrogen-bond acceptors (Lipinski definition) is 2. The van der Waals surface area contributed by atoms with Crippen LogP contribution >= 0.6 is 0 Å². The van der Waals surface area contributed by atoms with Gasteiger partial charge < -0.3 is 10.0 Å². The highest BCUT2D eigenvalue weighted by molar-refractivity contribution is 5.51. The monoisotopic (exact) mass is 243 g/mol. The second-order valence-corrected chi connectivity index (χ2v) is 4.73. The molecule has 1 heterocycles. The Balaban J connectivity index is 1.77. The van der Waals surface area contributed by atoms with Crippen LogP contribution in [0, 0.1) is 17.7 Å². The molecule has 2 fully saturated rings. The van der Waals surface area contributed by atoms with Crippen LogP contribution in [0.3, 0.4) is 0 Å². The van der Waals surface area contributed by atoms with E-state index in [1.165, 1.54) is 12.1 Å². The van der Waals surface area contributed by atoms with Crippen molar-refractivity contribution < 1.29 is 18.3 Å². The molecule has 2 nitrogen and oxygen atoms in total. The Morgan fingerprint density at radius 2 is 1.94 bits per heavy atom. The van der Waals surface area contributed by atoms with Crippen molar-refractivity contribution in [1.29, 1.82) is 0 Å². The van der Waals surface area contributed by atoms with E-state index in [0.29, 0.717) is 5.69 Å². The van der Waals surface area contributed by atoms with Crippen molar-refractivity contribution in [2.45, 2.75) is 12.5 Å². The third-order valence-corrected chi connectivity index (χ3v) is 3.77. The number of halogens is 3. The molecule has 1 aliphatic heterocycles. The second kappa shape index (κ2) is 3.38. The lowest BCUT2D eigenvalue weighted by atomic mass is 10.2. The third-order valence-electron chi connectivity index (χ3n) is 3.77.